The molecule has 4 aromatic rings. The number of H-pyrrole nitrogens is 1. The third-order valence-electron chi connectivity index (χ3n) is 12.9. The molecule has 11 heteroatoms. The fraction of sp³-hybridized carbons (Fsp3) is 0.488. The minimum Gasteiger partial charge on any atom is -0.355 e. The lowest BCUT2D eigenvalue weighted by atomic mass is 9.73. The monoisotopic (exact) mass is 700 g/mol. The molecular weight excluding hydrogens is 653 g/mol. The van der Waals surface area contributed by atoms with Gasteiger partial charge in [-0.05, 0) is 107 Å². The third-order valence-corrected chi connectivity index (χ3v) is 12.9. The molecule has 3 amide bonds. The lowest BCUT2D eigenvalue weighted by molar-refractivity contribution is -0.140. The molecule has 2 aromatic heterocycles. The number of nitrogens with one attached hydrogen (secondary N) is 3. The van der Waals surface area contributed by atoms with E-state index in [1.165, 1.54) is 19.3 Å². The van der Waals surface area contributed by atoms with Gasteiger partial charge < -0.3 is 30.3 Å². The molecule has 0 atom stereocenters. The van der Waals surface area contributed by atoms with Crippen molar-refractivity contribution in [3.8, 4) is 11.3 Å². The summed E-state index contributed by atoms with van der Waals surface area (Å²) in [5.41, 5.74) is 6.68. The summed E-state index contributed by atoms with van der Waals surface area (Å²) in [5, 5.41) is 6.15. The van der Waals surface area contributed by atoms with Gasteiger partial charge in [0.05, 0.1) is 23.0 Å². The van der Waals surface area contributed by atoms with E-state index in [0.29, 0.717) is 48.9 Å². The molecule has 0 bridgehead atoms. The van der Waals surface area contributed by atoms with Gasteiger partial charge in [0.15, 0.2) is 5.82 Å². The molecule has 9 rings (SSSR count). The number of pyridine rings is 1. The summed E-state index contributed by atoms with van der Waals surface area (Å²) in [7, 11) is 1.63. The van der Waals surface area contributed by atoms with Crippen LogP contribution >= 0.6 is 0 Å². The highest BCUT2D eigenvalue weighted by atomic mass is 16.2. The Bertz CT molecular complexity index is 2080. The predicted molar refractivity (Wildman–Crippen MR) is 202 cm³/mol. The van der Waals surface area contributed by atoms with Crippen LogP contribution in [0.15, 0.2) is 48.8 Å². The van der Waals surface area contributed by atoms with Crippen LogP contribution in [0.25, 0.3) is 22.3 Å². The standard InChI is InChI=1S/C41H48N8O3/c1-25-7-9-27(20-30(25)37(50)42-3)45-36-35-33(43-24-44-35)23-32(46-36)26-8-10-31-34(19-26)49(29-21-28(22-29)47-15-5-4-6-16-47)39(52)41(31)13-17-48(18-14-41)38(51)40(2)11-12-40/h7-10,19-20,23-24,28-29H,4-6,11-18,21-22H2,1-3H3,(H,42,50)(H,43,44)(H,45,46). The maximum atomic E-state index is 14.9. The van der Waals surface area contributed by atoms with Crippen molar-refractivity contribution < 1.29 is 14.4 Å². The van der Waals surface area contributed by atoms with Crippen LogP contribution in [0, 0.1) is 12.3 Å². The van der Waals surface area contributed by atoms with Crippen molar-refractivity contribution in [2.45, 2.75) is 89.1 Å². The molecule has 270 valence electrons. The Labute approximate surface area is 304 Å². The second-order valence-corrected chi connectivity index (χ2v) is 16.1. The molecule has 3 N–H and O–H groups in total. The fourth-order valence-corrected chi connectivity index (χ4v) is 9.22. The number of nitrogens with zero attached hydrogens (tertiary/aromatic N) is 5. The molecular formula is C41H48N8O3. The molecule has 2 saturated heterocycles. The van der Waals surface area contributed by atoms with Crippen molar-refractivity contribution in [2.75, 3.05) is 43.4 Å². The molecule has 2 saturated carbocycles. The highest BCUT2D eigenvalue weighted by Gasteiger charge is 2.57. The summed E-state index contributed by atoms with van der Waals surface area (Å²) >= 11 is 0. The average molecular weight is 701 g/mol. The summed E-state index contributed by atoms with van der Waals surface area (Å²) in [5.74, 6) is 0.891. The highest BCUT2D eigenvalue weighted by Crippen LogP contribution is 2.53. The van der Waals surface area contributed by atoms with E-state index in [2.05, 4.69) is 55.5 Å². The van der Waals surface area contributed by atoms with Crippen molar-refractivity contribution in [2.24, 2.45) is 5.41 Å². The van der Waals surface area contributed by atoms with Crippen molar-refractivity contribution in [1.29, 1.82) is 0 Å². The van der Waals surface area contributed by atoms with Gasteiger partial charge in [-0.3, -0.25) is 14.4 Å². The van der Waals surface area contributed by atoms with Crippen LogP contribution in [0.2, 0.25) is 0 Å². The van der Waals surface area contributed by atoms with Crippen molar-refractivity contribution in [3.63, 3.8) is 0 Å². The van der Waals surface area contributed by atoms with Gasteiger partial charge in [-0.25, -0.2) is 9.97 Å². The first-order valence-corrected chi connectivity index (χ1v) is 19.1. The number of aromatic nitrogens is 3. The molecule has 5 aliphatic rings. The number of imidazole rings is 1. The van der Waals surface area contributed by atoms with E-state index in [-0.39, 0.29) is 29.2 Å². The van der Waals surface area contributed by atoms with E-state index in [1.54, 1.807) is 13.4 Å². The average Bonchev–Trinajstić information content (AvgIpc) is 3.64. The normalized spacial score (nSPS) is 23.4. The second-order valence-electron chi connectivity index (χ2n) is 16.1. The lowest BCUT2D eigenvalue weighted by Gasteiger charge is -2.48. The smallest absolute Gasteiger partial charge is 0.251 e. The molecule has 4 fully saturated rings. The first kappa shape index (κ1) is 33.1. The Morgan fingerprint density at radius 2 is 1.69 bits per heavy atom. The predicted octanol–water partition coefficient (Wildman–Crippen LogP) is 6.06. The van der Waals surface area contributed by atoms with Gasteiger partial charge in [0.2, 0.25) is 11.8 Å². The summed E-state index contributed by atoms with van der Waals surface area (Å²) in [4.78, 5) is 60.4. The number of carbonyl (C=O) groups excluding carboxylic acids is 3. The number of aryl methyl sites for hydroxylation is 1. The number of fused-ring (bicyclic) bond motifs is 3. The first-order valence-electron chi connectivity index (χ1n) is 19.1. The van der Waals surface area contributed by atoms with Crippen LogP contribution in [0.5, 0.6) is 0 Å². The molecule has 0 radical (unpaired) electrons. The summed E-state index contributed by atoms with van der Waals surface area (Å²) in [6.07, 6.45) is 10.7. The van der Waals surface area contributed by atoms with Gasteiger partial charge in [-0.15, -0.1) is 0 Å². The Kier molecular flexibility index (Phi) is 7.91. The zero-order valence-corrected chi connectivity index (χ0v) is 30.4. The van der Waals surface area contributed by atoms with Gasteiger partial charge >= 0.3 is 0 Å². The van der Waals surface area contributed by atoms with E-state index >= 15 is 0 Å². The summed E-state index contributed by atoms with van der Waals surface area (Å²) in [6.45, 7) is 7.54. The molecule has 1 spiro atoms. The zero-order valence-electron chi connectivity index (χ0n) is 30.4. The number of aromatic amines is 1. The van der Waals surface area contributed by atoms with Crippen molar-refractivity contribution in [3.05, 3.63) is 65.5 Å². The second kappa shape index (κ2) is 12.4. The summed E-state index contributed by atoms with van der Waals surface area (Å²) in [6, 6.07) is 14.8. The van der Waals surface area contributed by atoms with Crippen molar-refractivity contribution in [1.82, 2.24) is 30.1 Å². The van der Waals surface area contributed by atoms with Crippen LogP contribution in [-0.2, 0) is 15.0 Å². The number of amides is 3. The number of likely N-dealkylation sites (tertiary alicyclic amines) is 2. The Morgan fingerprint density at radius 3 is 2.42 bits per heavy atom. The maximum absolute atomic E-state index is 14.9. The van der Waals surface area contributed by atoms with Gasteiger partial charge in [-0.1, -0.05) is 31.5 Å². The SMILES string of the molecule is CNC(=O)c1cc(Nc2nc(-c3ccc4c(c3)N(C3CC(N5CCCCC5)C3)C(=O)C43CCN(C(=O)C4(C)CC4)CC3)cc3[nH]cnc23)ccc1C. The van der Waals surface area contributed by atoms with Gasteiger partial charge in [-0.2, -0.15) is 0 Å². The minimum absolute atomic E-state index is 0.147. The Hall–Kier alpha value is -4.77. The molecule has 52 heavy (non-hydrogen) atoms. The highest BCUT2D eigenvalue weighted by molar-refractivity contribution is 6.09. The summed E-state index contributed by atoms with van der Waals surface area (Å²) < 4.78 is 0. The van der Waals surface area contributed by atoms with Crippen LogP contribution in [0.3, 0.4) is 0 Å². The van der Waals surface area contributed by atoms with Crippen LogP contribution in [-0.4, -0.2) is 87.8 Å². The number of benzene rings is 2. The molecule has 2 aromatic carbocycles. The number of hydrogen-bond acceptors (Lipinski definition) is 7. The van der Waals surface area contributed by atoms with Gasteiger partial charge in [0.25, 0.3) is 5.91 Å². The first-order chi connectivity index (χ1) is 25.2. The fourth-order valence-electron chi connectivity index (χ4n) is 9.22. The molecule has 0 unspecified atom stereocenters. The molecule has 3 aliphatic heterocycles. The Balaban J connectivity index is 1.06. The molecule has 2 aliphatic carbocycles. The topological polar surface area (TPSA) is 127 Å². The van der Waals surface area contributed by atoms with Crippen molar-refractivity contribution >= 4 is 45.9 Å². The maximum Gasteiger partial charge on any atom is 0.251 e. The molecule has 11 nitrogen and oxygen atoms in total. The third kappa shape index (κ3) is 5.38. The number of piperidine rings is 2. The van der Waals surface area contributed by atoms with E-state index in [1.807, 2.05) is 36.1 Å². The Morgan fingerprint density at radius 1 is 0.923 bits per heavy atom. The number of rotatable bonds is 7. The van der Waals surface area contributed by atoms with Crippen LogP contribution in [0.4, 0.5) is 17.2 Å². The quantitative estimate of drug-likeness (QED) is 0.214. The zero-order chi connectivity index (χ0) is 35.8. The minimum atomic E-state index is -0.618. The van der Waals surface area contributed by atoms with E-state index < -0.39 is 5.41 Å². The number of anilines is 3. The lowest BCUT2D eigenvalue weighted by Crippen LogP contribution is -2.58. The van der Waals surface area contributed by atoms with E-state index in [4.69, 9.17) is 4.98 Å². The number of carbonyl (C=O) groups is 3. The molecule has 5 heterocycles. The van der Waals surface area contributed by atoms with Crippen LogP contribution in [0.1, 0.15) is 86.2 Å². The largest absolute Gasteiger partial charge is 0.355 e. The van der Waals surface area contributed by atoms with Gasteiger partial charge in [0, 0.05) is 60.1 Å². The van der Waals surface area contributed by atoms with E-state index in [0.717, 1.165) is 78.0 Å². The van der Waals surface area contributed by atoms with Crippen LogP contribution < -0.4 is 15.5 Å². The van der Waals surface area contributed by atoms with E-state index in [9.17, 15) is 14.4 Å². The number of hydrogen-bond donors (Lipinski definition) is 3. The van der Waals surface area contributed by atoms with Gasteiger partial charge in [0.1, 0.15) is 5.52 Å².